The number of imidazole rings is 1. The van der Waals surface area contributed by atoms with Crippen molar-refractivity contribution in [2.24, 2.45) is 0 Å². The zero-order valence-corrected chi connectivity index (χ0v) is 12.0. The number of alkyl halides is 1. The Kier molecular flexibility index (Phi) is 3.01. The highest BCUT2D eigenvalue weighted by Crippen LogP contribution is 2.49. The first-order valence-electron chi connectivity index (χ1n) is 6.64. The SMILES string of the molecule is Cc1ncnn2c([C@]3(C)O[C@H](CO)[C@@H](O)[C@@]3(C)F)cnc12. The Bertz CT molecular complexity index is 689. The van der Waals surface area contributed by atoms with Crippen LogP contribution in [0.5, 0.6) is 0 Å². The number of halogens is 1. The van der Waals surface area contributed by atoms with Crippen molar-refractivity contribution in [3.8, 4) is 0 Å². The molecule has 1 aliphatic heterocycles. The molecular weight excluding hydrogens is 279 g/mol. The largest absolute Gasteiger partial charge is 0.394 e. The maximum atomic E-state index is 15.1. The molecule has 114 valence electrons. The molecule has 0 saturated carbocycles. The molecule has 0 bridgehead atoms. The van der Waals surface area contributed by atoms with Crippen LogP contribution in [0.3, 0.4) is 0 Å². The van der Waals surface area contributed by atoms with Crippen LogP contribution in [0.2, 0.25) is 0 Å². The second-order valence-corrected chi connectivity index (χ2v) is 5.62. The van der Waals surface area contributed by atoms with Crippen LogP contribution in [0.25, 0.3) is 5.65 Å². The molecule has 0 aromatic carbocycles. The summed E-state index contributed by atoms with van der Waals surface area (Å²) in [7, 11) is 0. The van der Waals surface area contributed by atoms with E-state index < -0.39 is 30.1 Å². The fourth-order valence-corrected chi connectivity index (χ4v) is 2.82. The van der Waals surface area contributed by atoms with Gasteiger partial charge in [-0.15, -0.1) is 0 Å². The minimum absolute atomic E-state index is 0.364. The van der Waals surface area contributed by atoms with Crippen molar-refractivity contribution in [2.45, 2.75) is 44.2 Å². The molecule has 4 atom stereocenters. The van der Waals surface area contributed by atoms with E-state index in [1.165, 1.54) is 30.9 Å². The van der Waals surface area contributed by atoms with E-state index in [0.717, 1.165) is 0 Å². The highest BCUT2D eigenvalue weighted by molar-refractivity contribution is 5.44. The van der Waals surface area contributed by atoms with Crippen molar-refractivity contribution >= 4 is 5.65 Å². The second kappa shape index (κ2) is 4.43. The van der Waals surface area contributed by atoms with E-state index in [9.17, 15) is 10.2 Å². The molecule has 1 fully saturated rings. The molecule has 0 radical (unpaired) electrons. The summed E-state index contributed by atoms with van der Waals surface area (Å²) in [5.41, 5.74) is -2.08. The lowest BCUT2D eigenvalue weighted by Crippen LogP contribution is -2.47. The van der Waals surface area contributed by atoms with Gasteiger partial charge in [-0.3, -0.25) is 0 Å². The Labute approximate surface area is 120 Å². The normalized spacial score (nSPS) is 36.5. The Morgan fingerprint density at radius 2 is 2.14 bits per heavy atom. The molecule has 7 nitrogen and oxygen atoms in total. The second-order valence-electron chi connectivity index (χ2n) is 5.62. The summed E-state index contributed by atoms with van der Waals surface area (Å²) in [5, 5.41) is 23.4. The number of nitrogens with zero attached hydrogens (tertiary/aromatic N) is 4. The van der Waals surface area contributed by atoms with Crippen LogP contribution >= 0.6 is 0 Å². The first-order chi connectivity index (χ1) is 9.83. The van der Waals surface area contributed by atoms with E-state index in [4.69, 9.17) is 4.74 Å². The lowest BCUT2D eigenvalue weighted by atomic mass is 9.82. The van der Waals surface area contributed by atoms with Crippen LogP contribution in [-0.2, 0) is 10.3 Å². The van der Waals surface area contributed by atoms with Crippen LogP contribution in [0.4, 0.5) is 4.39 Å². The quantitative estimate of drug-likeness (QED) is 0.818. The van der Waals surface area contributed by atoms with E-state index in [1.54, 1.807) is 6.92 Å². The highest BCUT2D eigenvalue weighted by atomic mass is 19.1. The molecule has 3 heterocycles. The third-order valence-electron chi connectivity index (χ3n) is 4.38. The smallest absolute Gasteiger partial charge is 0.175 e. The number of aromatic nitrogens is 4. The molecule has 2 N–H and O–H groups in total. The van der Waals surface area contributed by atoms with Crippen LogP contribution < -0.4 is 0 Å². The molecule has 3 rings (SSSR count). The lowest BCUT2D eigenvalue weighted by Gasteiger charge is -2.33. The van der Waals surface area contributed by atoms with E-state index in [2.05, 4.69) is 15.1 Å². The van der Waals surface area contributed by atoms with E-state index in [-0.39, 0.29) is 0 Å². The Hall–Kier alpha value is -1.64. The van der Waals surface area contributed by atoms with Crippen molar-refractivity contribution in [3.05, 3.63) is 23.9 Å². The molecule has 1 aliphatic rings. The van der Waals surface area contributed by atoms with E-state index >= 15 is 4.39 Å². The first-order valence-corrected chi connectivity index (χ1v) is 6.64. The number of aliphatic hydroxyl groups excluding tert-OH is 2. The predicted octanol–water partition coefficient (Wildman–Crippen LogP) is 0.128. The number of fused-ring (bicyclic) bond motifs is 1. The Morgan fingerprint density at radius 1 is 1.43 bits per heavy atom. The van der Waals surface area contributed by atoms with Crippen LogP contribution in [-0.4, -0.2) is 54.3 Å². The van der Waals surface area contributed by atoms with Crippen molar-refractivity contribution in [1.82, 2.24) is 19.6 Å². The summed E-state index contributed by atoms with van der Waals surface area (Å²) in [4.78, 5) is 8.23. The first kappa shape index (κ1) is 14.3. The zero-order valence-electron chi connectivity index (χ0n) is 12.0. The molecule has 2 aromatic rings. The standard InChI is InChI=1S/C13H17FN4O3/c1-7-11-15-4-9(18(11)17-6-16-7)13(3)12(2,14)10(20)8(5-19)21-13/h4,6,8,10,19-20H,5H2,1-3H3/t8-,10-,12-,13+/m1/s1. The monoisotopic (exact) mass is 296 g/mol. The van der Waals surface area contributed by atoms with Crippen LogP contribution in [0.1, 0.15) is 25.2 Å². The highest BCUT2D eigenvalue weighted by Gasteiger charge is 2.63. The fraction of sp³-hybridized carbons (Fsp3) is 0.615. The van der Waals surface area contributed by atoms with Crippen LogP contribution in [0.15, 0.2) is 12.5 Å². The maximum absolute atomic E-state index is 15.1. The Morgan fingerprint density at radius 3 is 2.76 bits per heavy atom. The van der Waals surface area contributed by atoms with E-state index in [0.29, 0.717) is 17.0 Å². The van der Waals surface area contributed by atoms with Gasteiger partial charge in [0.2, 0.25) is 0 Å². The van der Waals surface area contributed by atoms with Gasteiger partial charge in [-0.1, -0.05) is 0 Å². The fourth-order valence-electron chi connectivity index (χ4n) is 2.82. The summed E-state index contributed by atoms with van der Waals surface area (Å²) >= 11 is 0. The minimum atomic E-state index is -2.10. The summed E-state index contributed by atoms with van der Waals surface area (Å²) in [6, 6.07) is 0. The van der Waals surface area contributed by atoms with E-state index in [1.807, 2.05) is 0 Å². The molecule has 8 heteroatoms. The van der Waals surface area contributed by atoms with Gasteiger partial charge in [0.1, 0.15) is 24.1 Å². The molecule has 0 unspecified atom stereocenters. The third kappa shape index (κ3) is 1.73. The zero-order chi connectivity index (χ0) is 15.4. The predicted molar refractivity (Wildman–Crippen MR) is 70.3 cm³/mol. The van der Waals surface area contributed by atoms with Gasteiger partial charge in [-0.25, -0.2) is 18.9 Å². The number of aryl methyl sites for hydroxylation is 1. The number of hydrogen-bond acceptors (Lipinski definition) is 6. The number of aliphatic hydroxyl groups is 2. The summed E-state index contributed by atoms with van der Waals surface area (Å²) in [6.07, 6.45) is 0.363. The van der Waals surface area contributed by atoms with Gasteiger partial charge >= 0.3 is 0 Å². The lowest BCUT2D eigenvalue weighted by molar-refractivity contribution is -0.0991. The molecule has 2 aromatic heterocycles. The third-order valence-corrected chi connectivity index (χ3v) is 4.38. The number of ether oxygens (including phenoxy) is 1. The van der Waals surface area contributed by atoms with Crippen molar-refractivity contribution in [1.29, 1.82) is 0 Å². The van der Waals surface area contributed by atoms with Gasteiger partial charge in [0, 0.05) is 0 Å². The summed E-state index contributed by atoms with van der Waals surface area (Å²) < 4.78 is 22.2. The Balaban J connectivity index is 2.19. The molecule has 1 saturated heterocycles. The van der Waals surface area contributed by atoms with Crippen molar-refractivity contribution in [2.75, 3.05) is 6.61 Å². The van der Waals surface area contributed by atoms with Gasteiger partial charge in [-0.2, -0.15) is 5.10 Å². The van der Waals surface area contributed by atoms with Gasteiger partial charge in [0.05, 0.1) is 24.2 Å². The molecule has 0 spiro atoms. The average molecular weight is 296 g/mol. The van der Waals surface area contributed by atoms with Crippen molar-refractivity contribution < 1.29 is 19.3 Å². The maximum Gasteiger partial charge on any atom is 0.175 e. The molecule has 21 heavy (non-hydrogen) atoms. The molecule has 0 aliphatic carbocycles. The van der Waals surface area contributed by atoms with Gasteiger partial charge in [-0.05, 0) is 20.8 Å². The average Bonchev–Trinajstić information content (AvgIpc) is 2.95. The van der Waals surface area contributed by atoms with Gasteiger partial charge < -0.3 is 14.9 Å². The minimum Gasteiger partial charge on any atom is -0.394 e. The topological polar surface area (TPSA) is 92.8 Å². The summed E-state index contributed by atoms with van der Waals surface area (Å²) in [5.74, 6) is 0. The molecule has 0 amide bonds. The van der Waals surface area contributed by atoms with Crippen molar-refractivity contribution in [3.63, 3.8) is 0 Å². The summed E-state index contributed by atoms with van der Waals surface area (Å²) in [6.45, 7) is 4.07. The number of rotatable bonds is 2. The van der Waals surface area contributed by atoms with Gasteiger partial charge in [0.25, 0.3) is 0 Å². The molecular formula is C13H17FN4O3. The van der Waals surface area contributed by atoms with Crippen LogP contribution in [0, 0.1) is 6.92 Å². The number of hydrogen-bond donors (Lipinski definition) is 2. The van der Waals surface area contributed by atoms with Gasteiger partial charge in [0.15, 0.2) is 11.3 Å².